The molecule has 5 heteroatoms. The van der Waals surface area contributed by atoms with Gasteiger partial charge in [0.1, 0.15) is 11.6 Å². The van der Waals surface area contributed by atoms with E-state index in [0.717, 1.165) is 6.07 Å². The first-order valence-corrected chi connectivity index (χ1v) is 5.10. The van der Waals surface area contributed by atoms with E-state index in [9.17, 15) is 9.18 Å². The molecule has 0 saturated carbocycles. The Morgan fingerprint density at radius 3 is 2.60 bits per heavy atom. The zero-order valence-corrected chi connectivity index (χ0v) is 9.84. The number of carboxylic acids is 1. The Hall–Kier alpha value is -1.10. The average molecular weight is 277 g/mol. The summed E-state index contributed by atoms with van der Waals surface area (Å²) in [6.45, 7) is 3.60. The smallest absolute Gasteiger partial charge is 0.338 e. The van der Waals surface area contributed by atoms with Crippen LogP contribution in [0.5, 0.6) is 5.75 Å². The second-order valence-corrected chi connectivity index (χ2v) is 4.09. The molecule has 3 nitrogen and oxygen atoms in total. The van der Waals surface area contributed by atoms with Gasteiger partial charge in [0.2, 0.25) is 0 Å². The van der Waals surface area contributed by atoms with E-state index in [1.54, 1.807) is 13.8 Å². The molecule has 0 spiro atoms. The normalized spacial score (nSPS) is 10.5. The van der Waals surface area contributed by atoms with Crippen LogP contribution in [0, 0.1) is 5.82 Å². The van der Waals surface area contributed by atoms with Crippen molar-refractivity contribution in [2.75, 3.05) is 0 Å². The molecule has 0 aliphatic rings. The zero-order valence-electron chi connectivity index (χ0n) is 8.25. The van der Waals surface area contributed by atoms with Crippen molar-refractivity contribution < 1.29 is 19.0 Å². The van der Waals surface area contributed by atoms with Gasteiger partial charge in [-0.05, 0) is 41.9 Å². The molecule has 82 valence electrons. The number of hydrogen-bond acceptors (Lipinski definition) is 2. The zero-order chi connectivity index (χ0) is 11.6. The predicted octanol–water partition coefficient (Wildman–Crippen LogP) is 3.07. The van der Waals surface area contributed by atoms with Gasteiger partial charge in [-0.25, -0.2) is 9.18 Å². The number of ether oxygens (including phenoxy) is 1. The molecule has 1 N–H and O–H groups in total. The summed E-state index contributed by atoms with van der Waals surface area (Å²) in [5.74, 6) is -1.78. The van der Waals surface area contributed by atoms with Crippen LogP contribution in [0.25, 0.3) is 0 Å². The molecule has 0 saturated heterocycles. The van der Waals surface area contributed by atoms with Crippen LogP contribution in [0.4, 0.5) is 4.39 Å². The molecule has 1 aromatic rings. The van der Waals surface area contributed by atoms with Gasteiger partial charge in [0, 0.05) is 0 Å². The third-order valence-electron chi connectivity index (χ3n) is 1.61. The molecule has 0 fully saturated rings. The Balaban J connectivity index is 3.17. The highest BCUT2D eigenvalue weighted by molar-refractivity contribution is 9.10. The summed E-state index contributed by atoms with van der Waals surface area (Å²) in [6, 6.07) is 2.25. The van der Waals surface area contributed by atoms with Crippen molar-refractivity contribution in [2.24, 2.45) is 0 Å². The van der Waals surface area contributed by atoms with Crippen molar-refractivity contribution in [2.45, 2.75) is 20.0 Å². The molecule has 0 unspecified atom stereocenters. The maximum Gasteiger partial charge on any atom is 0.338 e. The van der Waals surface area contributed by atoms with Crippen molar-refractivity contribution in [3.63, 3.8) is 0 Å². The van der Waals surface area contributed by atoms with Gasteiger partial charge >= 0.3 is 5.97 Å². The number of halogens is 2. The van der Waals surface area contributed by atoms with Gasteiger partial charge in [-0.1, -0.05) is 0 Å². The Morgan fingerprint density at radius 2 is 2.13 bits per heavy atom. The lowest BCUT2D eigenvalue weighted by Crippen LogP contribution is -2.08. The van der Waals surface area contributed by atoms with Gasteiger partial charge in [0.05, 0.1) is 16.1 Å². The largest absolute Gasteiger partial charge is 0.490 e. The van der Waals surface area contributed by atoms with Gasteiger partial charge in [-0.15, -0.1) is 0 Å². The molecule has 0 aliphatic heterocycles. The average Bonchev–Trinajstić information content (AvgIpc) is 2.08. The van der Waals surface area contributed by atoms with Gasteiger partial charge in [0.15, 0.2) is 0 Å². The van der Waals surface area contributed by atoms with Crippen molar-refractivity contribution in [1.82, 2.24) is 0 Å². The monoisotopic (exact) mass is 276 g/mol. The Kier molecular flexibility index (Phi) is 3.68. The number of carbonyl (C=O) groups is 1. The molecule has 0 aromatic heterocycles. The number of hydrogen-bond donors (Lipinski definition) is 1. The lowest BCUT2D eigenvalue weighted by Gasteiger charge is -2.12. The van der Waals surface area contributed by atoms with E-state index in [0.29, 0.717) is 10.2 Å². The predicted molar refractivity (Wildman–Crippen MR) is 56.8 cm³/mol. The van der Waals surface area contributed by atoms with E-state index >= 15 is 0 Å². The molecule has 0 aliphatic carbocycles. The fraction of sp³-hybridized carbons (Fsp3) is 0.300. The maximum atomic E-state index is 13.2. The highest BCUT2D eigenvalue weighted by Gasteiger charge is 2.15. The van der Waals surface area contributed by atoms with Crippen LogP contribution >= 0.6 is 15.9 Å². The fourth-order valence-electron chi connectivity index (χ4n) is 1.04. The minimum Gasteiger partial charge on any atom is -0.490 e. The molecule has 1 rings (SSSR count). The first-order chi connectivity index (χ1) is 6.91. The molecule has 0 radical (unpaired) electrons. The van der Waals surface area contributed by atoms with Crippen LogP contribution in [-0.2, 0) is 0 Å². The minimum atomic E-state index is -1.31. The van der Waals surface area contributed by atoms with Crippen LogP contribution in [0.15, 0.2) is 16.6 Å². The quantitative estimate of drug-likeness (QED) is 0.923. The van der Waals surface area contributed by atoms with E-state index in [4.69, 9.17) is 9.84 Å². The molecule has 0 bridgehead atoms. The van der Waals surface area contributed by atoms with Gasteiger partial charge in [-0.3, -0.25) is 0 Å². The molecule has 1 aromatic carbocycles. The summed E-state index contributed by atoms with van der Waals surface area (Å²) in [5, 5.41) is 8.70. The van der Waals surface area contributed by atoms with Gasteiger partial charge < -0.3 is 9.84 Å². The number of benzene rings is 1. The van der Waals surface area contributed by atoms with Gasteiger partial charge in [-0.2, -0.15) is 0 Å². The summed E-state index contributed by atoms with van der Waals surface area (Å²) in [5.41, 5.74) is -0.395. The lowest BCUT2D eigenvalue weighted by molar-refractivity contribution is 0.0691. The Morgan fingerprint density at radius 1 is 1.53 bits per heavy atom. The fourth-order valence-corrected chi connectivity index (χ4v) is 1.45. The number of aromatic carboxylic acids is 1. The minimum absolute atomic E-state index is 0.103. The van der Waals surface area contributed by atoms with Crippen molar-refractivity contribution in [3.8, 4) is 5.75 Å². The van der Waals surface area contributed by atoms with Crippen LogP contribution in [-0.4, -0.2) is 17.2 Å². The maximum absolute atomic E-state index is 13.2. The summed E-state index contributed by atoms with van der Waals surface area (Å²) in [6.07, 6.45) is -0.103. The first-order valence-electron chi connectivity index (χ1n) is 4.30. The lowest BCUT2D eigenvalue weighted by atomic mass is 10.2. The van der Waals surface area contributed by atoms with E-state index in [1.807, 2.05) is 0 Å². The topological polar surface area (TPSA) is 46.5 Å². The highest BCUT2D eigenvalue weighted by Crippen LogP contribution is 2.29. The second kappa shape index (κ2) is 4.61. The Bertz CT molecular complexity index is 390. The third-order valence-corrected chi connectivity index (χ3v) is 2.23. The first kappa shape index (κ1) is 12.0. The summed E-state index contributed by atoms with van der Waals surface area (Å²) >= 11 is 3.10. The van der Waals surface area contributed by atoms with Crippen molar-refractivity contribution in [3.05, 3.63) is 28.0 Å². The molecule has 0 atom stereocenters. The Labute approximate surface area is 95.0 Å². The summed E-state index contributed by atoms with van der Waals surface area (Å²) < 4.78 is 18.9. The van der Waals surface area contributed by atoms with Crippen molar-refractivity contribution in [1.29, 1.82) is 0 Å². The van der Waals surface area contributed by atoms with Crippen molar-refractivity contribution >= 4 is 21.9 Å². The third kappa shape index (κ3) is 2.92. The van der Waals surface area contributed by atoms with Crippen LogP contribution in [0.1, 0.15) is 24.2 Å². The van der Waals surface area contributed by atoms with E-state index in [2.05, 4.69) is 15.9 Å². The standard InChI is InChI=1S/C10H10BrFO3/c1-5(2)15-9-3-6(10(13)14)8(12)4-7(9)11/h3-5H,1-2H3,(H,13,14). The molecule has 0 amide bonds. The number of carboxylic acid groups (broad SMARTS) is 1. The second-order valence-electron chi connectivity index (χ2n) is 3.23. The van der Waals surface area contributed by atoms with Crippen LogP contribution in [0.2, 0.25) is 0 Å². The van der Waals surface area contributed by atoms with E-state index in [-0.39, 0.29) is 6.10 Å². The summed E-state index contributed by atoms with van der Waals surface area (Å²) in [4.78, 5) is 10.7. The van der Waals surface area contributed by atoms with E-state index < -0.39 is 17.3 Å². The van der Waals surface area contributed by atoms with Crippen LogP contribution < -0.4 is 4.74 Å². The molecular weight excluding hydrogens is 267 g/mol. The van der Waals surface area contributed by atoms with Gasteiger partial charge in [0.25, 0.3) is 0 Å². The molecular formula is C10H10BrFO3. The highest BCUT2D eigenvalue weighted by atomic mass is 79.9. The van der Waals surface area contributed by atoms with Crippen LogP contribution in [0.3, 0.4) is 0 Å². The molecule has 15 heavy (non-hydrogen) atoms. The summed E-state index contributed by atoms with van der Waals surface area (Å²) in [7, 11) is 0. The number of rotatable bonds is 3. The van der Waals surface area contributed by atoms with E-state index in [1.165, 1.54) is 6.07 Å². The SMILES string of the molecule is CC(C)Oc1cc(C(=O)O)c(F)cc1Br. The molecule has 0 heterocycles.